The third-order valence-electron chi connectivity index (χ3n) is 2.89. The van der Waals surface area contributed by atoms with Crippen molar-refractivity contribution < 1.29 is 14.3 Å². The topological polar surface area (TPSA) is 61.5 Å². The molecule has 106 valence electrons. The molecule has 0 aromatic heterocycles. The standard InChI is InChI=1S/C15H23NO3/c1-10-8-11(19-7-6-15(2,3)4)9-12(13(10)16)14(17)18-5/h8-9H,6-7,16H2,1-5H3. The van der Waals surface area contributed by atoms with Gasteiger partial charge in [0.2, 0.25) is 0 Å². The predicted octanol–water partition coefficient (Wildman–Crippen LogP) is 3.18. The predicted molar refractivity (Wildman–Crippen MR) is 76.5 cm³/mol. The monoisotopic (exact) mass is 265 g/mol. The van der Waals surface area contributed by atoms with Crippen LogP contribution >= 0.6 is 0 Å². The first-order chi connectivity index (χ1) is 8.74. The zero-order valence-electron chi connectivity index (χ0n) is 12.4. The zero-order valence-corrected chi connectivity index (χ0v) is 12.4. The Labute approximate surface area is 114 Å². The van der Waals surface area contributed by atoms with Gasteiger partial charge in [-0.3, -0.25) is 0 Å². The molecule has 1 rings (SSSR count). The van der Waals surface area contributed by atoms with Crippen LogP contribution in [0, 0.1) is 12.3 Å². The summed E-state index contributed by atoms with van der Waals surface area (Å²) in [7, 11) is 1.34. The zero-order chi connectivity index (χ0) is 14.6. The Morgan fingerprint density at radius 2 is 1.95 bits per heavy atom. The van der Waals surface area contributed by atoms with E-state index in [0.29, 0.717) is 23.6 Å². The summed E-state index contributed by atoms with van der Waals surface area (Å²) in [6.07, 6.45) is 0.935. The van der Waals surface area contributed by atoms with Crippen molar-refractivity contribution in [2.45, 2.75) is 34.1 Å². The molecule has 0 heterocycles. The molecule has 0 unspecified atom stereocenters. The number of esters is 1. The molecule has 0 spiro atoms. The van der Waals surface area contributed by atoms with Crippen LogP contribution in [0.1, 0.15) is 43.1 Å². The summed E-state index contributed by atoms with van der Waals surface area (Å²) >= 11 is 0. The average Bonchev–Trinajstić information content (AvgIpc) is 2.30. The molecule has 0 fully saturated rings. The number of hydrogen-bond donors (Lipinski definition) is 1. The third kappa shape index (κ3) is 4.47. The van der Waals surface area contributed by atoms with E-state index in [1.807, 2.05) is 13.0 Å². The van der Waals surface area contributed by atoms with E-state index in [2.05, 4.69) is 20.8 Å². The third-order valence-corrected chi connectivity index (χ3v) is 2.89. The maximum absolute atomic E-state index is 11.6. The normalized spacial score (nSPS) is 11.2. The molecule has 0 radical (unpaired) electrons. The van der Waals surface area contributed by atoms with E-state index in [1.54, 1.807) is 6.07 Å². The van der Waals surface area contributed by atoms with E-state index < -0.39 is 5.97 Å². The van der Waals surface area contributed by atoms with E-state index in [-0.39, 0.29) is 5.41 Å². The van der Waals surface area contributed by atoms with Gasteiger partial charge >= 0.3 is 5.97 Å². The van der Waals surface area contributed by atoms with Crippen molar-refractivity contribution in [3.05, 3.63) is 23.3 Å². The minimum absolute atomic E-state index is 0.216. The SMILES string of the molecule is COC(=O)c1cc(OCCC(C)(C)C)cc(C)c1N. The molecular formula is C15H23NO3. The number of hydrogen-bond acceptors (Lipinski definition) is 4. The number of aryl methyl sites for hydroxylation is 1. The van der Waals surface area contributed by atoms with Gasteiger partial charge in [0, 0.05) is 5.69 Å². The number of rotatable bonds is 4. The number of nitrogens with two attached hydrogens (primary N) is 1. The number of carbonyl (C=O) groups excluding carboxylic acids is 1. The quantitative estimate of drug-likeness (QED) is 0.671. The Kier molecular flexibility index (Phi) is 4.81. The molecule has 4 heteroatoms. The lowest BCUT2D eigenvalue weighted by Crippen LogP contribution is -2.12. The van der Waals surface area contributed by atoms with Gasteiger partial charge in [-0.1, -0.05) is 20.8 Å². The van der Waals surface area contributed by atoms with Gasteiger partial charge in [-0.15, -0.1) is 0 Å². The van der Waals surface area contributed by atoms with Crippen LogP contribution in [0.15, 0.2) is 12.1 Å². The molecule has 0 saturated carbocycles. The molecular weight excluding hydrogens is 242 g/mol. The molecule has 1 aromatic rings. The van der Waals surface area contributed by atoms with Crippen LogP contribution < -0.4 is 10.5 Å². The highest BCUT2D eigenvalue weighted by molar-refractivity contribution is 5.96. The van der Waals surface area contributed by atoms with Crippen LogP contribution in [0.4, 0.5) is 5.69 Å². The van der Waals surface area contributed by atoms with Gasteiger partial charge in [-0.25, -0.2) is 4.79 Å². The maximum Gasteiger partial charge on any atom is 0.340 e. The average molecular weight is 265 g/mol. The van der Waals surface area contributed by atoms with E-state index >= 15 is 0 Å². The first-order valence-corrected chi connectivity index (χ1v) is 6.36. The van der Waals surface area contributed by atoms with E-state index in [4.69, 9.17) is 15.2 Å². The summed E-state index contributed by atoms with van der Waals surface area (Å²) in [5.41, 5.74) is 7.69. The van der Waals surface area contributed by atoms with E-state index in [1.165, 1.54) is 7.11 Å². The molecule has 0 atom stereocenters. The van der Waals surface area contributed by atoms with Gasteiger partial charge in [-0.2, -0.15) is 0 Å². The van der Waals surface area contributed by atoms with Crippen LogP contribution in [-0.4, -0.2) is 19.7 Å². The molecule has 0 saturated heterocycles. The molecule has 0 aliphatic carbocycles. The second-order valence-electron chi connectivity index (χ2n) is 5.85. The van der Waals surface area contributed by atoms with E-state index in [0.717, 1.165) is 12.0 Å². The van der Waals surface area contributed by atoms with Gasteiger partial charge in [-0.05, 0) is 36.5 Å². The van der Waals surface area contributed by atoms with Crippen LogP contribution in [0.2, 0.25) is 0 Å². The van der Waals surface area contributed by atoms with Gasteiger partial charge in [0.1, 0.15) is 5.75 Å². The highest BCUT2D eigenvalue weighted by atomic mass is 16.5. The highest BCUT2D eigenvalue weighted by Crippen LogP contribution is 2.26. The highest BCUT2D eigenvalue weighted by Gasteiger charge is 2.15. The second kappa shape index (κ2) is 5.95. The second-order valence-corrected chi connectivity index (χ2v) is 5.85. The lowest BCUT2D eigenvalue weighted by Gasteiger charge is -2.18. The van der Waals surface area contributed by atoms with Crippen molar-refractivity contribution in [3.8, 4) is 5.75 Å². The summed E-state index contributed by atoms with van der Waals surface area (Å²) < 4.78 is 10.4. The van der Waals surface area contributed by atoms with E-state index in [9.17, 15) is 4.79 Å². The molecule has 19 heavy (non-hydrogen) atoms. The summed E-state index contributed by atoms with van der Waals surface area (Å²) in [6.45, 7) is 8.92. The molecule has 0 aliphatic rings. The van der Waals surface area contributed by atoms with Crippen molar-refractivity contribution in [2.75, 3.05) is 19.5 Å². The van der Waals surface area contributed by atoms with Crippen LogP contribution in [0.3, 0.4) is 0 Å². The molecule has 4 nitrogen and oxygen atoms in total. The summed E-state index contributed by atoms with van der Waals surface area (Å²) in [5, 5.41) is 0. The van der Waals surface area contributed by atoms with Crippen LogP contribution in [0.5, 0.6) is 5.75 Å². The first-order valence-electron chi connectivity index (χ1n) is 6.36. The maximum atomic E-state index is 11.6. The van der Waals surface area contributed by atoms with Crippen molar-refractivity contribution in [3.63, 3.8) is 0 Å². The van der Waals surface area contributed by atoms with Crippen molar-refractivity contribution in [1.82, 2.24) is 0 Å². The lowest BCUT2D eigenvalue weighted by atomic mass is 9.93. The number of ether oxygens (including phenoxy) is 2. The molecule has 2 N–H and O–H groups in total. The Bertz CT molecular complexity index is 461. The number of benzene rings is 1. The largest absolute Gasteiger partial charge is 0.494 e. The Morgan fingerprint density at radius 3 is 2.47 bits per heavy atom. The summed E-state index contributed by atoms with van der Waals surface area (Å²) in [5.74, 6) is 0.207. The smallest absolute Gasteiger partial charge is 0.340 e. The Balaban J connectivity index is 2.86. The van der Waals surface area contributed by atoms with Crippen molar-refractivity contribution in [2.24, 2.45) is 5.41 Å². The number of anilines is 1. The fraction of sp³-hybridized carbons (Fsp3) is 0.533. The molecule has 0 aliphatic heterocycles. The Morgan fingerprint density at radius 1 is 1.32 bits per heavy atom. The van der Waals surface area contributed by atoms with Crippen LogP contribution in [0.25, 0.3) is 0 Å². The van der Waals surface area contributed by atoms with Crippen molar-refractivity contribution >= 4 is 11.7 Å². The van der Waals surface area contributed by atoms with Gasteiger partial charge < -0.3 is 15.2 Å². The summed E-state index contributed by atoms with van der Waals surface area (Å²) in [4.78, 5) is 11.6. The fourth-order valence-electron chi connectivity index (χ4n) is 1.60. The summed E-state index contributed by atoms with van der Waals surface area (Å²) in [6, 6.07) is 3.47. The fourth-order valence-corrected chi connectivity index (χ4v) is 1.60. The Hall–Kier alpha value is -1.71. The number of methoxy groups -OCH3 is 1. The number of nitrogen functional groups attached to an aromatic ring is 1. The van der Waals surface area contributed by atoms with Gasteiger partial charge in [0.15, 0.2) is 0 Å². The van der Waals surface area contributed by atoms with Crippen molar-refractivity contribution in [1.29, 1.82) is 0 Å². The lowest BCUT2D eigenvalue weighted by molar-refractivity contribution is 0.0601. The first kappa shape index (κ1) is 15.3. The molecule has 1 aromatic carbocycles. The minimum Gasteiger partial charge on any atom is -0.494 e. The van der Waals surface area contributed by atoms with Gasteiger partial charge in [0.05, 0.1) is 19.3 Å². The van der Waals surface area contributed by atoms with Crippen LogP contribution in [-0.2, 0) is 4.74 Å². The number of carbonyl (C=O) groups is 1. The van der Waals surface area contributed by atoms with Gasteiger partial charge in [0.25, 0.3) is 0 Å². The molecule has 0 amide bonds. The minimum atomic E-state index is -0.443. The molecule has 0 bridgehead atoms.